The zero-order chi connectivity index (χ0) is 19.3. The quantitative estimate of drug-likeness (QED) is 0.695. The molecule has 0 fully saturated rings. The molecule has 2 aliphatic heterocycles. The van der Waals surface area contributed by atoms with Gasteiger partial charge < -0.3 is 9.80 Å². The summed E-state index contributed by atoms with van der Waals surface area (Å²) in [5, 5.41) is 0. The van der Waals surface area contributed by atoms with Gasteiger partial charge in [0.15, 0.2) is 0 Å². The van der Waals surface area contributed by atoms with Gasteiger partial charge in [0.25, 0.3) is 5.91 Å². The summed E-state index contributed by atoms with van der Waals surface area (Å²) >= 11 is 0. The molecular formula is C23H20FN3O. The Morgan fingerprint density at radius 3 is 2.75 bits per heavy atom. The minimum absolute atomic E-state index is 0.0886. The number of anilines is 1. The van der Waals surface area contributed by atoms with Crippen molar-refractivity contribution in [2.24, 2.45) is 0 Å². The summed E-state index contributed by atoms with van der Waals surface area (Å²) in [6.45, 7) is 1.69. The maximum atomic E-state index is 14.8. The SMILES string of the molecule is CN1CCc2cc(-c3ccc(CN4Cc5ncccc5C4=O)c(F)c3)ccc21. The van der Waals surface area contributed by atoms with E-state index < -0.39 is 0 Å². The topological polar surface area (TPSA) is 36.4 Å². The van der Waals surface area contributed by atoms with Crippen LogP contribution in [0.2, 0.25) is 0 Å². The van der Waals surface area contributed by atoms with E-state index in [4.69, 9.17) is 0 Å². The second-order valence-electron chi connectivity index (χ2n) is 7.48. The van der Waals surface area contributed by atoms with E-state index in [0.29, 0.717) is 17.7 Å². The third kappa shape index (κ3) is 2.74. The van der Waals surface area contributed by atoms with Crippen molar-refractivity contribution >= 4 is 11.6 Å². The predicted molar refractivity (Wildman–Crippen MR) is 107 cm³/mol. The number of nitrogens with zero attached hydrogens (tertiary/aromatic N) is 3. The molecule has 1 amide bonds. The molecule has 140 valence electrons. The first kappa shape index (κ1) is 16.9. The molecule has 28 heavy (non-hydrogen) atoms. The lowest BCUT2D eigenvalue weighted by atomic mass is 10.00. The number of carbonyl (C=O) groups excluding carboxylic acids is 1. The van der Waals surface area contributed by atoms with E-state index in [1.807, 2.05) is 12.1 Å². The lowest BCUT2D eigenvalue weighted by molar-refractivity contribution is 0.0765. The maximum absolute atomic E-state index is 14.8. The molecule has 5 rings (SSSR count). The molecular weight excluding hydrogens is 353 g/mol. The molecule has 0 spiro atoms. The summed E-state index contributed by atoms with van der Waals surface area (Å²) in [6.07, 6.45) is 2.70. The van der Waals surface area contributed by atoms with Gasteiger partial charge in [0.1, 0.15) is 5.82 Å². The Morgan fingerprint density at radius 2 is 1.93 bits per heavy atom. The summed E-state index contributed by atoms with van der Waals surface area (Å²) in [7, 11) is 2.09. The molecule has 3 heterocycles. The molecule has 4 nitrogen and oxygen atoms in total. The fourth-order valence-corrected chi connectivity index (χ4v) is 4.12. The minimum Gasteiger partial charge on any atom is -0.374 e. The van der Waals surface area contributed by atoms with Crippen LogP contribution in [-0.4, -0.2) is 29.4 Å². The van der Waals surface area contributed by atoms with Gasteiger partial charge in [0.2, 0.25) is 0 Å². The number of fused-ring (bicyclic) bond motifs is 2. The Bertz CT molecular complexity index is 1090. The van der Waals surface area contributed by atoms with E-state index in [-0.39, 0.29) is 18.3 Å². The van der Waals surface area contributed by atoms with Crippen LogP contribution in [-0.2, 0) is 19.5 Å². The highest BCUT2D eigenvalue weighted by molar-refractivity contribution is 5.97. The number of halogens is 1. The number of rotatable bonds is 3. The zero-order valence-electron chi connectivity index (χ0n) is 15.7. The average molecular weight is 373 g/mol. The van der Waals surface area contributed by atoms with Gasteiger partial charge in [-0.15, -0.1) is 0 Å². The fourth-order valence-electron chi connectivity index (χ4n) is 4.12. The molecule has 2 aromatic carbocycles. The third-order valence-electron chi connectivity index (χ3n) is 5.70. The number of benzene rings is 2. The van der Waals surface area contributed by atoms with Crippen LogP contribution in [0.3, 0.4) is 0 Å². The monoisotopic (exact) mass is 373 g/mol. The standard InChI is InChI=1S/C23H20FN3O/c1-26-10-8-17-11-15(6-7-22(17)26)16-4-5-18(20(24)12-16)13-27-14-21-19(23(27)28)3-2-9-25-21/h2-7,9,11-12H,8,10,13-14H2,1H3. The minimum atomic E-state index is -0.285. The van der Waals surface area contributed by atoms with Gasteiger partial charge in [-0.05, 0) is 53.4 Å². The van der Waals surface area contributed by atoms with Gasteiger partial charge in [-0.2, -0.15) is 0 Å². The van der Waals surface area contributed by atoms with Crippen molar-refractivity contribution < 1.29 is 9.18 Å². The number of likely N-dealkylation sites (N-methyl/N-ethyl adjacent to an activating group) is 1. The Balaban J connectivity index is 1.38. The lowest BCUT2D eigenvalue weighted by Gasteiger charge is -2.16. The summed E-state index contributed by atoms with van der Waals surface area (Å²) in [5.41, 5.74) is 6.32. The van der Waals surface area contributed by atoms with Gasteiger partial charge in [-0.3, -0.25) is 9.78 Å². The van der Waals surface area contributed by atoms with Crippen LogP contribution in [0.4, 0.5) is 10.1 Å². The fraction of sp³-hybridized carbons (Fsp3) is 0.217. The van der Waals surface area contributed by atoms with E-state index in [2.05, 4.69) is 29.1 Å². The summed E-state index contributed by atoms with van der Waals surface area (Å²) < 4.78 is 14.8. The van der Waals surface area contributed by atoms with E-state index in [1.165, 1.54) is 11.3 Å². The van der Waals surface area contributed by atoms with E-state index in [9.17, 15) is 9.18 Å². The van der Waals surface area contributed by atoms with E-state index >= 15 is 0 Å². The van der Waals surface area contributed by atoms with Crippen molar-refractivity contribution in [3.05, 3.63) is 82.9 Å². The van der Waals surface area contributed by atoms with Gasteiger partial charge >= 0.3 is 0 Å². The molecule has 0 saturated carbocycles. The normalized spacial score (nSPS) is 15.1. The summed E-state index contributed by atoms with van der Waals surface area (Å²) in [5.74, 6) is -0.374. The molecule has 0 bridgehead atoms. The molecule has 3 aromatic rings. The van der Waals surface area contributed by atoms with Crippen molar-refractivity contribution in [1.82, 2.24) is 9.88 Å². The van der Waals surface area contributed by atoms with Crippen LogP contribution in [0, 0.1) is 5.82 Å². The molecule has 0 unspecified atom stereocenters. The van der Waals surface area contributed by atoms with Crippen molar-refractivity contribution in [2.45, 2.75) is 19.5 Å². The largest absolute Gasteiger partial charge is 0.374 e. The van der Waals surface area contributed by atoms with Crippen LogP contribution in [0.15, 0.2) is 54.7 Å². The molecule has 0 N–H and O–H groups in total. The molecule has 2 aliphatic rings. The van der Waals surface area contributed by atoms with Gasteiger partial charge in [0, 0.05) is 37.6 Å². The number of aromatic nitrogens is 1. The van der Waals surface area contributed by atoms with Crippen LogP contribution >= 0.6 is 0 Å². The van der Waals surface area contributed by atoms with Crippen LogP contribution in [0.5, 0.6) is 0 Å². The summed E-state index contributed by atoms with van der Waals surface area (Å²) in [4.78, 5) is 20.6. The highest BCUT2D eigenvalue weighted by Crippen LogP contribution is 2.32. The van der Waals surface area contributed by atoms with Crippen LogP contribution in [0.25, 0.3) is 11.1 Å². The van der Waals surface area contributed by atoms with Crippen LogP contribution < -0.4 is 4.90 Å². The van der Waals surface area contributed by atoms with E-state index in [1.54, 1.807) is 35.4 Å². The number of hydrogen-bond acceptors (Lipinski definition) is 3. The molecule has 0 aliphatic carbocycles. The average Bonchev–Trinajstić information content (AvgIpc) is 3.23. The second kappa shape index (κ2) is 6.44. The highest BCUT2D eigenvalue weighted by Gasteiger charge is 2.28. The first-order chi connectivity index (χ1) is 13.6. The number of amides is 1. The second-order valence-corrected chi connectivity index (χ2v) is 7.48. The molecule has 5 heteroatoms. The highest BCUT2D eigenvalue weighted by atomic mass is 19.1. The first-order valence-corrected chi connectivity index (χ1v) is 9.46. The Hall–Kier alpha value is -3.21. The van der Waals surface area contributed by atoms with Crippen LogP contribution in [0.1, 0.15) is 27.2 Å². The van der Waals surface area contributed by atoms with Gasteiger partial charge in [0.05, 0.1) is 17.8 Å². The zero-order valence-corrected chi connectivity index (χ0v) is 15.7. The predicted octanol–water partition coefficient (Wildman–Crippen LogP) is 4.04. The van der Waals surface area contributed by atoms with Crippen molar-refractivity contribution in [3.8, 4) is 11.1 Å². The van der Waals surface area contributed by atoms with Gasteiger partial charge in [-0.25, -0.2) is 4.39 Å². The number of hydrogen-bond donors (Lipinski definition) is 0. The Kier molecular flexibility index (Phi) is 3.90. The molecule has 0 saturated heterocycles. The van der Waals surface area contributed by atoms with Crippen molar-refractivity contribution in [1.29, 1.82) is 0 Å². The number of pyridine rings is 1. The first-order valence-electron chi connectivity index (χ1n) is 9.46. The number of carbonyl (C=O) groups is 1. The Labute approximate surface area is 163 Å². The van der Waals surface area contributed by atoms with Crippen molar-refractivity contribution in [2.75, 3.05) is 18.5 Å². The van der Waals surface area contributed by atoms with Gasteiger partial charge in [-0.1, -0.05) is 18.2 Å². The smallest absolute Gasteiger partial charge is 0.256 e. The van der Waals surface area contributed by atoms with Crippen molar-refractivity contribution in [3.63, 3.8) is 0 Å². The summed E-state index contributed by atoms with van der Waals surface area (Å²) in [6, 6.07) is 15.1. The lowest BCUT2D eigenvalue weighted by Crippen LogP contribution is -2.23. The Morgan fingerprint density at radius 1 is 1.11 bits per heavy atom. The maximum Gasteiger partial charge on any atom is 0.256 e. The third-order valence-corrected chi connectivity index (χ3v) is 5.70. The molecule has 1 aromatic heterocycles. The molecule has 0 atom stereocenters. The molecule has 0 radical (unpaired) electrons. The van der Waals surface area contributed by atoms with E-state index in [0.717, 1.165) is 29.8 Å².